The van der Waals surface area contributed by atoms with E-state index in [0.29, 0.717) is 11.8 Å². The van der Waals surface area contributed by atoms with Gasteiger partial charge in [0.25, 0.3) is 0 Å². The Labute approximate surface area is 205 Å². The molecule has 0 aromatic heterocycles. The second kappa shape index (κ2) is 13.1. The molecule has 4 rings (SSSR count). The number of aliphatic hydroxyl groups excluding tert-OH is 1. The molecule has 34 heavy (non-hydrogen) atoms. The lowest BCUT2D eigenvalue weighted by Crippen LogP contribution is -2.32. The van der Waals surface area contributed by atoms with Gasteiger partial charge in [-0.2, -0.15) is 0 Å². The molecule has 8 atom stereocenters. The smallest absolute Gasteiger partial charge is 0.159 e. The average Bonchev–Trinajstić information content (AvgIpc) is 3.38. The largest absolute Gasteiger partial charge is 0.392 e. The van der Waals surface area contributed by atoms with Crippen LogP contribution in [0.4, 0.5) is 0 Å². The summed E-state index contributed by atoms with van der Waals surface area (Å²) in [5.41, 5.74) is 1.37. The summed E-state index contributed by atoms with van der Waals surface area (Å²) in [6, 6.07) is 0. The van der Waals surface area contributed by atoms with Crippen LogP contribution in [0.3, 0.4) is 0 Å². The molecule has 2 saturated heterocycles. The molecule has 2 aliphatic carbocycles. The van der Waals surface area contributed by atoms with E-state index < -0.39 is 0 Å². The monoisotopic (exact) mass is 470 g/mol. The van der Waals surface area contributed by atoms with Crippen LogP contribution < -0.4 is 0 Å². The van der Waals surface area contributed by atoms with Crippen LogP contribution in [0.25, 0.3) is 0 Å². The molecule has 3 unspecified atom stereocenters. The number of fused-ring (bicyclic) bond motifs is 1. The summed E-state index contributed by atoms with van der Waals surface area (Å²) in [4.78, 5) is 0. The summed E-state index contributed by atoms with van der Waals surface area (Å²) < 4.78 is 24.7. The number of hydrogen-bond donors (Lipinski definition) is 1. The highest BCUT2D eigenvalue weighted by molar-refractivity contribution is 5.22. The van der Waals surface area contributed by atoms with Crippen LogP contribution >= 0.6 is 0 Å². The molecule has 0 aromatic rings. The van der Waals surface area contributed by atoms with E-state index in [1.165, 1.54) is 5.57 Å². The van der Waals surface area contributed by atoms with Crippen molar-refractivity contribution in [3.05, 3.63) is 11.6 Å². The minimum Gasteiger partial charge on any atom is -0.392 e. The topological polar surface area (TPSA) is 57.2 Å². The predicted octanol–water partition coefficient (Wildman–Crippen LogP) is 4.83. The third-order valence-corrected chi connectivity index (χ3v) is 7.82. The van der Waals surface area contributed by atoms with Crippen molar-refractivity contribution in [2.75, 3.05) is 19.8 Å². The maximum absolute atomic E-state index is 9.40. The molecule has 0 spiro atoms. The number of allylic oxidation sites excluding steroid dienone is 1. The molecule has 2 heterocycles. The van der Waals surface area contributed by atoms with Crippen molar-refractivity contribution in [3.63, 3.8) is 0 Å². The molecule has 0 amide bonds. The van der Waals surface area contributed by atoms with Crippen LogP contribution in [0, 0.1) is 47.4 Å². The molecule has 188 valence electrons. The van der Waals surface area contributed by atoms with E-state index in [-0.39, 0.29) is 43.2 Å². The minimum absolute atomic E-state index is 0.0959. The zero-order valence-electron chi connectivity index (χ0n) is 21.0. The van der Waals surface area contributed by atoms with Crippen LogP contribution in [0.5, 0.6) is 0 Å². The van der Waals surface area contributed by atoms with Gasteiger partial charge in [0.1, 0.15) is 6.10 Å². The van der Waals surface area contributed by atoms with E-state index in [0.717, 1.165) is 77.4 Å². The molecule has 0 aromatic carbocycles. The van der Waals surface area contributed by atoms with Crippen molar-refractivity contribution >= 4 is 0 Å². The number of aliphatic hydroxyl groups is 1. The summed E-state index contributed by atoms with van der Waals surface area (Å²) in [7, 11) is 0. The second-order valence-corrected chi connectivity index (χ2v) is 10.4. The Bertz CT molecular complexity index is 787. The summed E-state index contributed by atoms with van der Waals surface area (Å²) in [6.07, 6.45) is 11.9. The summed E-state index contributed by atoms with van der Waals surface area (Å²) in [6.45, 7) is 5.72. The molecule has 2 saturated carbocycles. The van der Waals surface area contributed by atoms with Crippen molar-refractivity contribution in [2.45, 2.75) is 103 Å². The molecule has 4 fully saturated rings. The second-order valence-electron chi connectivity index (χ2n) is 10.4. The van der Waals surface area contributed by atoms with Gasteiger partial charge in [0, 0.05) is 25.6 Å². The lowest BCUT2D eigenvalue weighted by atomic mass is 9.90. The predicted molar refractivity (Wildman–Crippen MR) is 131 cm³/mol. The summed E-state index contributed by atoms with van der Waals surface area (Å²) in [5, 5.41) is 9.40. The third-order valence-electron chi connectivity index (χ3n) is 7.82. The molecule has 1 N–H and O–H groups in total. The van der Waals surface area contributed by atoms with Crippen molar-refractivity contribution in [1.82, 2.24) is 0 Å². The molecular formula is C29H42O5. The molecular weight excluding hydrogens is 428 g/mol. The van der Waals surface area contributed by atoms with E-state index in [2.05, 4.69) is 30.6 Å². The van der Waals surface area contributed by atoms with E-state index in [4.69, 9.17) is 18.9 Å². The minimum atomic E-state index is -0.205. The maximum Gasteiger partial charge on any atom is 0.159 e. The van der Waals surface area contributed by atoms with Gasteiger partial charge in [-0.15, -0.1) is 11.8 Å². The summed E-state index contributed by atoms with van der Waals surface area (Å²) >= 11 is 0. The van der Waals surface area contributed by atoms with Gasteiger partial charge in [0.15, 0.2) is 12.6 Å². The maximum atomic E-state index is 9.40. The van der Waals surface area contributed by atoms with E-state index >= 15 is 0 Å². The van der Waals surface area contributed by atoms with Gasteiger partial charge >= 0.3 is 0 Å². The highest BCUT2D eigenvalue weighted by Gasteiger charge is 2.47. The quantitative estimate of drug-likeness (QED) is 0.427. The van der Waals surface area contributed by atoms with Crippen LogP contribution in [-0.4, -0.2) is 49.7 Å². The molecule has 5 nitrogen and oxygen atoms in total. The van der Waals surface area contributed by atoms with Crippen LogP contribution in [-0.2, 0) is 18.9 Å². The Kier molecular flexibility index (Phi) is 9.92. The highest BCUT2D eigenvalue weighted by Crippen LogP contribution is 2.51. The van der Waals surface area contributed by atoms with Gasteiger partial charge < -0.3 is 24.1 Å². The first-order chi connectivity index (χ1) is 16.7. The zero-order valence-corrected chi connectivity index (χ0v) is 21.0. The first-order valence-electron chi connectivity index (χ1n) is 13.4. The van der Waals surface area contributed by atoms with Crippen LogP contribution in [0.1, 0.15) is 78.1 Å². The lowest BCUT2D eigenvalue weighted by molar-refractivity contribution is -0.192. The lowest BCUT2D eigenvalue weighted by Gasteiger charge is -2.29. The third kappa shape index (κ3) is 6.87. The zero-order chi connectivity index (χ0) is 23.8. The molecule has 5 heteroatoms. The van der Waals surface area contributed by atoms with Crippen molar-refractivity contribution in [1.29, 1.82) is 0 Å². The molecule has 0 bridgehead atoms. The van der Waals surface area contributed by atoms with Gasteiger partial charge in [-0.05, 0) is 76.5 Å². The van der Waals surface area contributed by atoms with Gasteiger partial charge in [0.2, 0.25) is 0 Å². The van der Waals surface area contributed by atoms with E-state index in [9.17, 15) is 5.11 Å². The highest BCUT2D eigenvalue weighted by atomic mass is 16.7. The normalized spacial score (nSPS) is 36.1. The first-order valence-corrected chi connectivity index (χ1v) is 13.4. The van der Waals surface area contributed by atoms with Gasteiger partial charge in [0.05, 0.1) is 18.6 Å². The van der Waals surface area contributed by atoms with Crippen LogP contribution in [0.2, 0.25) is 0 Å². The fourth-order valence-electron chi connectivity index (χ4n) is 5.93. The number of hydrogen-bond acceptors (Lipinski definition) is 5. The van der Waals surface area contributed by atoms with E-state index in [1.807, 2.05) is 13.0 Å². The Balaban J connectivity index is 1.51. The first kappa shape index (κ1) is 25.7. The Morgan fingerprint density at radius 2 is 1.85 bits per heavy atom. The van der Waals surface area contributed by atoms with Crippen molar-refractivity contribution in [3.8, 4) is 23.7 Å². The SMILES string of the molecule is CC#CCC(C)[C@@H](C#C[C@@H]1[C@H]2C/C(=C/CO)C[C@H]2C[C@H]1OC1CCCCO1)OC1CCCCO1. The fourth-order valence-corrected chi connectivity index (χ4v) is 5.93. The fraction of sp³-hybridized carbons (Fsp3) is 0.793. The Hall–Kier alpha value is -1.34. The molecule has 4 aliphatic rings. The van der Waals surface area contributed by atoms with E-state index in [1.54, 1.807) is 0 Å². The van der Waals surface area contributed by atoms with Crippen molar-refractivity contribution in [2.24, 2.45) is 23.7 Å². The molecule has 0 radical (unpaired) electrons. The van der Waals surface area contributed by atoms with Crippen LogP contribution in [0.15, 0.2) is 11.6 Å². The standard InChI is InChI=1S/C29H42O5/c1-3-4-9-21(2)26(33-28-10-5-7-16-31-28)13-12-24-25-19-22(14-15-30)18-23(25)20-27(24)34-29-11-6-8-17-32-29/h14,21,23-30H,5-11,15-20H2,1-2H3/b22-14+/t21?,23-,24+,25-,26+,27+,28?,29?/m0/s1. The molecule has 2 aliphatic heterocycles. The number of rotatable bonds is 7. The Morgan fingerprint density at radius 1 is 1.09 bits per heavy atom. The van der Waals surface area contributed by atoms with Crippen molar-refractivity contribution < 1.29 is 24.1 Å². The number of ether oxygens (including phenoxy) is 4. The summed E-state index contributed by atoms with van der Waals surface area (Å²) in [5.74, 6) is 14.8. The van der Waals surface area contributed by atoms with Gasteiger partial charge in [-0.1, -0.05) is 30.4 Å². The van der Waals surface area contributed by atoms with Gasteiger partial charge in [-0.3, -0.25) is 0 Å². The Morgan fingerprint density at radius 3 is 2.53 bits per heavy atom. The average molecular weight is 471 g/mol. The van der Waals surface area contributed by atoms with Gasteiger partial charge in [-0.25, -0.2) is 0 Å².